The largest absolute Gasteiger partial charge is 0.495 e. The molecule has 2 rings (SSSR count). The van der Waals surface area contributed by atoms with Gasteiger partial charge in [-0.15, -0.1) is 0 Å². The summed E-state index contributed by atoms with van der Waals surface area (Å²) in [5.74, 6) is -0.0401. The number of benzene rings is 2. The van der Waals surface area contributed by atoms with E-state index in [1.807, 2.05) is 26.0 Å². The predicted octanol–water partition coefficient (Wildman–Crippen LogP) is 4.23. The topological polar surface area (TPSA) is 96.0 Å². The fourth-order valence-corrected chi connectivity index (χ4v) is 5.08. The molecule has 10 heteroatoms. The van der Waals surface area contributed by atoms with Gasteiger partial charge in [0.05, 0.1) is 19.1 Å². The van der Waals surface area contributed by atoms with E-state index < -0.39 is 16.1 Å². The van der Waals surface area contributed by atoms with Crippen molar-refractivity contribution >= 4 is 39.1 Å². The van der Waals surface area contributed by atoms with Crippen molar-refractivity contribution < 1.29 is 22.7 Å². The molecule has 2 amide bonds. The van der Waals surface area contributed by atoms with Crippen molar-refractivity contribution in [3.8, 4) is 5.75 Å². The highest BCUT2D eigenvalue weighted by Gasteiger charge is 2.29. The molecule has 0 saturated heterocycles. The van der Waals surface area contributed by atoms with Crippen LogP contribution < -0.4 is 14.4 Å². The average Bonchev–Trinajstić information content (AvgIpc) is 2.85. The molecule has 0 aromatic heterocycles. The number of hydrogen-bond donors (Lipinski definition) is 1. The molecular weight excluding hydrogens is 502 g/mol. The van der Waals surface area contributed by atoms with Crippen LogP contribution in [0.25, 0.3) is 0 Å². The summed E-state index contributed by atoms with van der Waals surface area (Å²) >= 11 is 6.35. The Morgan fingerprint density at radius 3 is 2.36 bits per heavy atom. The monoisotopic (exact) mass is 537 g/mol. The quantitative estimate of drug-likeness (QED) is 0.389. The van der Waals surface area contributed by atoms with Crippen LogP contribution in [-0.4, -0.2) is 57.6 Å². The van der Waals surface area contributed by atoms with Crippen molar-refractivity contribution in [2.24, 2.45) is 0 Å². The fraction of sp³-hybridized carbons (Fsp3) is 0.462. The first-order valence-corrected chi connectivity index (χ1v) is 14.3. The van der Waals surface area contributed by atoms with E-state index in [-0.39, 0.29) is 37.7 Å². The highest BCUT2D eigenvalue weighted by Crippen LogP contribution is 2.30. The minimum absolute atomic E-state index is 0.0587. The van der Waals surface area contributed by atoms with Crippen LogP contribution in [0, 0.1) is 0 Å². The molecule has 8 nitrogen and oxygen atoms in total. The third-order valence-corrected chi connectivity index (χ3v) is 7.29. The summed E-state index contributed by atoms with van der Waals surface area (Å²) < 4.78 is 31.6. The third kappa shape index (κ3) is 8.13. The summed E-state index contributed by atoms with van der Waals surface area (Å²) in [5.41, 5.74) is 1.15. The fourth-order valence-electron chi connectivity index (χ4n) is 3.91. The lowest BCUT2D eigenvalue weighted by Gasteiger charge is -2.31. The second-order valence-electron chi connectivity index (χ2n) is 8.44. The number of anilines is 1. The van der Waals surface area contributed by atoms with Gasteiger partial charge >= 0.3 is 0 Å². The number of nitrogens with zero attached hydrogens (tertiary/aromatic N) is 2. The van der Waals surface area contributed by atoms with Gasteiger partial charge < -0.3 is 15.0 Å². The molecule has 0 spiro atoms. The minimum Gasteiger partial charge on any atom is -0.495 e. The Balaban J connectivity index is 2.24. The summed E-state index contributed by atoms with van der Waals surface area (Å²) in [6.45, 7) is 4.60. The van der Waals surface area contributed by atoms with Crippen LogP contribution in [-0.2, 0) is 26.2 Å². The van der Waals surface area contributed by atoms with Crippen LogP contribution in [0.1, 0.15) is 45.1 Å². The number of methoxy groups -OCH3 is 1. The van der Waals surface area contributed by atoms with Gasteiger partial charge in [-0.2, -0.15) is 0 Å². The maximum atomic E-state index is 13.4. The molecule has 0 saturated carbocycles. The Hall–Kier alpha value is -2.78. The number of amides is 2. The molecular formula is C26H36ClN3O5S. The SMILES string of the molecule is CCCNC(=O)C(CC)N(Cc1ccccc1Cl)C(=O)CCCN(c1ccccc1OC)S(C)(=O)=O. The second kappa shape index (κ2) is 14.1. The smallest absolute Gasteiger partial charge is 0.242 e. The number of ether oxygens (including phenoxy) is 1. The molecule has 36 heavy (non-hydrogen) atoms. The molecule has 2 aromatic carbocycles. The molecule has 0 aliphatic carbocycles. The van der Waals surface area contributed by atoms with Crippen molar-refractivity contribution in [1.82, 2.24) is 10.2 Å². The van der Waals surface area contributed by atoms with E-state index in [1.54, 1.807) is 41.3 Å². The van der Waals surface area contributed by atoms with Crippen molar-refractivity contribution in [2.75, 3.05) is 30.8 Å². The van der Waals surface area contributed by atoms with Crippen LogP contribution in [0.15, 0.2) is 48.5 Å². The van der Waals surface area contributed by atoms with Crippen LogP contribution in [0.3, 0.4) is 0 Å². The van der Waals surface area contributed by atoms with E-state index in [0.717, 1.165) is 18.2 Å². The van der Waals surface area contributed by atoms with E-state index in [9.17, 15) is 18.0 Å². The lowest BCUT2D eigenvalue weighted by atomic mass is 10.1. The standard InChI is InChI=1S/C26H36ClN3O5S/c1-5-17-28-26(32)22(6-2)29(19-20-12-7-8-13-21(20)27)25(31)16-11-18-30(36(4,33)34)23-14-9-10-15-24(23)35-3/h7-10,12-15,22H,5-6,11,16-19H2,1-4H3,(H,28,32). The maximum absolute atomic E-state index is 13.4. The van der Waals surface area contributed by atoms with Gasteiger partial charge in [-0.3, -0.25) is 13.9 Å². The van der Waals surface area contributed by atoms with Gasteiger partial charge in [0.1, 0.15) is 11.8 Å². The number of rotatable bonds is 14. The van der Waals surface area contributed by atoms with E-state index in [1.165, 1.54) is 11.4 Å². The normalized spacial score (nSPS) is 12.0. The first-order chi connectivity index (χ1) is 17.1. The van der Waals surface area contributed by atoms with Crippen LogP contribution in [0.2, 0.25) is 5.02 Å². The summed E-state index contributed by atoms with van der Waals surface area (Å²) in [6, 6.07) is 13.4. The molecule has 198 valence electrons. The van der Waals surface area contributed by atoms with Gasteiger partial charge in [0.15, 0.2) is 0 Å². The molecule has 0 heterocycles. The van der Waals surface area contributed by atoms with Gasteiger partial charge in [-0.25, -0.2) is 8.42 Å². The summed E-state index contributed by atoms with van der Waals surface area (Å²) in [5, 5.41) is 3.39. The van der Waals surface area contributed by atoms with Crippen LogP contribution in [0.5, 0.6) is 5.75 Å². The van der Waals surface area contributed by atoms with Crippen LogP contribution >= 0.6 is 11.6 Å². The second-order valence-corrected chi connectivity index (χ2v) is 10.8. The predicted molar refractivity (Wildman–Crippen MR) is 144 cm³/mol. The van der Waals surface area contributed by atoms with Crippen molar-refractivity contribution in [2.45, 2.75) is 52.1 Å². The molecule has 0 bridgehead atoms. The highest BCUT2D eigenvalue weighted by molar-refractivity contribution is 7.92. The Bertz CT molecular complexity index is 1130. The summed E-state index contributed by atoms with van der Waals surface area (Å²) in [4.78, 5) is 27.9. The number of para-hydroxylation sites is 2. The van der Waals surface area contributed by atoms with Gasteiger partial charge in [-0.1, -0.05) is 55.8 Å². The van der Waals surface area contributed by atoms with Gasteiger partial charge in [-0.05, 0) is 43.0 Å². The third-order valence-electron chi connectivity index (χ3n) is 5.74. The zero-order chi connectivity index (χ0) is 26.7. The Labute approximate surface area is 219 Å². The minimum atomic E-state index is -3.62. The van der Waals surface area contributed by atoms with E-state index in [2.05, 4.69) is 5.32 Å². The molecule has 1 N–H and O–H groups in total. The molecule has 1 atom stereocenters. The highest BCUT2D eigenvalue weighted by atomic mass is 35.5. The van der Waals surface area contributed by atoms with Gasteiger partial charge in [0.25, 0.3) is 0 Å². The van der Waals surface area contributed by atoms with E-state index in [0.29, 0.717) is 29.4 Å². The zero-order valence-electron chi connectivity index (χ0n) is 21.4. The molecule has 2 aromatic rings. The first kappa shape index (κ1) is 29.5. The van der Waals surface area contributed by atoms with E-state index in [4.69, 9.17) is 16.3 Å². The van der Waals surface area contributed by atoms with Crippen molar-refractivity contribution in [1.29, 1.82) is 0 Å². The zero-order valence-corrected chi connectivity index (χ0v) is 22.9. The lowest BCUT2D eigenvalue weighted by Crippen LogP contribution is -2.49. The summed E-state index contributed by atoms with van der Waals surface area (Å²) in [7, 11) is -2.14. The van der Waals surface area contributed by atoms with Crippen molar-refractivity contribution in [3.63, 3.8) is 0 Å². The van der Waals surface area contributed by atoms with Gasteiger partial charge in [0, 0.05) is 31.1 Å². The van der Waals surface area contributed by atoms with Crippen molar-refractivity contribution in [3.05, 3.63) is 59.1 Å². The molecule has 0 radical (unpaired) electrons. The Morgan fingerprint density at radius 2 is 1.75 bits per heavy atom. The number of hydrogen-bond acceptors (Lipinski definition) is 5. The number of sulfonamides is 1. The molecule has 1 unspecified atom stereocenters. The number of carbonyl (C=O) groups is 2. The Kier molecular flexibility index (Phi) is 11.5. The maximum Gasteiger partial charge on any atom is 0.242 e. The summed E-state index contributed by atoms with van der Waals surface area (Å²) in [6.07, 6.45) is 2.66. The first-order valence-electron chi connectivity index (χ1n) is 12.0. The Morgan fingerprint density at radius 1 is 1.08 bits per heavy atom. The number of halogens is 1. The number of carbonyl (C=O) groups excluding carboxylic acids is 2. The van der Waals surface area contributed by atoms with Crippen LogP contribution in [0.4, 0.5) is 5.69 Å². The molecule has 0 aliphatic heterocycles. The number of nitrogens with one attached hydrogen (secondary N) is 1. The molecule has 0 fully saturated rings. The lowest BCUT2D eigenvalue weighted by molar-refractivity contribution is -0.141. The van der Waals surface area contributed by atoms with Gasteiger partial charge in [0.2, 0.25) is 21.8 Å². The average molecular weight is 538 g/mol. The van der Waals surface area contributed by atoms with E-state index >= 15 is 0 Å². The molecule has 0 aliphatic rings.